The molecule has 1 fully saturated rings. The van der Waals surface area contributed by atoms with E-state index in [1.165, 1.54) is 11.9 Å². The van der Waals surface area contributed by atoms with Gasteiger partial charge in [0.15, 0.2) is 16.8 Å². The topological polar surface area (TPSA) is 80.0 Å². The Hall–Kier alpha value is -2.86. The van der Waals surface area contributed by atoms with Crippen molar-refractivity contribution in [2.45, 2.75) is 19.3 Å². The first-order chi connectivity index (χ1) is 13.7. The van der Waals surface area contributed by atoms with Crippen LogP contribution in [0.4, 0.5) is 23.0 Å². The lowest BCUT2D eigenvalue weighted by Crippen LogP contribution is -2.35. The van der Waals surface area contributed by atoms with Gasteiger partial charge in [0, 0.05) is 19.3 Å². The lowest BCUT2D eigenvalue weighted by molar-refractivity contribution is 0.402. The summed E-state index contributed by atoms with van der Waals surface area (Å²) in [5.41, 5.74) is 8.98. The third-order valence-corrected chi connectivity index (χ3v) is 5.46. The van der Waals surface area contributed by atoms with Crippen LogP contribution >= 0.6 is 11.6 Å². The fourth-order valence-corrected chi connectivity index (χ4v) is 3.81. The first kappa shape index (κ1) is 18.5. The van der Waals surface area contributed by atoms with E-state index in [2.05, 4.69) is 55.5 Å². The monoisotopic (exact) mass is 394 g/mol. The molecule has 0 amide bonds. The van der Waals surface area contributed by atoms with Crippen molar-refractivity contribution in [3.05, 3.63) is 65.7 Å². The summed E-state index contributed by atoms with van der Waals surface area (Å²) >= 11 is 6.13. The molecule has 0 bridgehead atoms. The number of piperidine rings is 1. The van der Waals surface area contributed by atoms with E-state index in [4.69, 9.17) is 17.3 Å². The lowest BCUT2D eigenvalue weighted by atomic mass is 9.90. The Morgan fingerprint density at radius 1 is 1.04 bits per heavy atom. The number of halogens is 1. The maximum absolute atomic E-state index is 6.38. The molecule has 3 N–H and O–H groups in total. The first-order valence-corrected chi connectivity index (χ1v) is 9.85. The Morgan fingerprint density at radius 3 is 2.57 bits per heavy atom. The van der Waals surface area contributed by atoms with Gasteiger partial charge in [0.05, 0.1) is 5.69 Å². The molecule has 1 saturated heterocycles. The highest BCUT2D eigenvalue weighted by atomic mass is 35.5. The Kier molecular flexibility index (Phi) is 5.58. The molecule has 0 spiro atoms. The van der Waals surface area contributed by atoms with E-state index in [1.807, 2.05) is 12.1 Å². The normalized spacial score (nSPS) is 14.8. The number of pyridine rings is 1. The molecule has 3 heterocycles. The molecule has 28 heavy (non-hydrogen) atoms. The predicted molar refractivity (Wildman–Crippen MR) is 114 cm³/mol. The van der Waals surface area contributed by atoms with Gasteiger partial charge in [-0.2, -0.15) is 0 Å². The number of benzene rings is 1. The van der Waals surface area contributed by atoms with Gasteiger partial charge in [-0.15, -0.1) is 0 Å². The van der Waals surface area contributed by atoms with Crippen molar-refractivity contribution >= 4 is 34.6 Å². The molecular weight excluding hydrogens is 372 g/mol. The van der Waals surface area contributed by atoms with Gasteiger partial charge in [-0.3, -0.25) is 0 Å². The number of nitrogens with zero attached hydrogens (tertiary/aromatic N) is 4. The van der Waals surface area contributed by atoms with Crippen LogP contribution in [0.3, 0.4) is 0 Å². The third-order valence-electron chi connectivity index (χ3n) is 5.16. The molecule has 1 aliphatic heterocycles. The summed E-state index contributed by atoms with van der Waals surface area (Å²) in [7, 11) is 0. The summed E-state index contributed by atoms with van der Waals surface area (Å²) < 4.78 is 0. The zero-order valence-corrected chi connectivity index (χ0v) is 16.3. The highest BCUT2D eigenvalue weighted by Crippen LogP contribution is 2.33. The van der Waals surface area contributed by atoms with Crippen molar-refractivity contribution in [3.8, 4) is 0 Å². The molecule has 0 aliphatic carbocycles. The van der Waals surface area contributed by atoms with Crippen molar-refractivity contribution < 1.29 is 0 Å². The fraction of sp³-hybridized carbons (Fsp3) is 0.286. The summed E-state index contributed by atoms with van der Waals surface area (Å²) in [6.45, 7) is 1.87. The zero-order chi connectivity index (χ0) is 19.3. The summed E-state index contributed by atoms with van der Waals surface area (Å²) in [4.78, 5) is 15.0. The largest absolute Gasteiger partial charge is 0.393 e. The first-order valence-electron chi connectivity index (χ1n) is 9.47. The van der Waals surface area contributed by atoms with Gasteiger partial charge < -0.3 is 16.0 Å². The minimum atomic E-state index is 0.379. The predicted octanol–water partition coefficient (Wildman–Crippen LogP) is 4.31. The molecule has 2 aromatic heterocycles. The molecule has 7 heteroatoms. The van der Waals surface area contributed by atoms with Gasteiger partial charge in [0.2, 0.25) is 0 Å². The van der Waals surface area contributed by atoms with Gasteiger partial charge in [-0.25, -0.2) is 15.0 Å². The smallest absolute Gasteiger partial charge is 0.159 e. The lowest BCUT2D eigenvalue weighted by Gasteiger charge is -2.33. The second-order valence-electron chi connectivity index (χ2n) is 7.05. The molecule has 0 unspecified atom stereocenters. The van der Waals surface area contributed by atoms with Crippen LogP contribution in [0.2, 0.25) is 5.15 Å². The minimum absolute atomic E-state index is 0.379. The number of nitrogen functional groups attached to an aromatic ring is 1. The molecule has 1 aliphatic rings. The summed E-state index contributed by atoms with van der Waals surface area (Å²) in [5, 5.41) is 3.54. The van der Waals surface area contributed by atoms with Crippen molar-refractivity contribution in [1.82, 2.24) is 15.0 Å². The molecule has 0 radical (unpaired) electrons. The molecule has 6 nitrogen and oxygen atoms in total. The Bertz CT molecular complexity index is 925. The molecule has 4 rings (SSSR count). The van der Waals surface area contributed by atoms with E-state index in [-0.39, 0.29) is 0 Å². The van der Waals surface area contributed by atoms with Crippen molar-refractivity contribution in [3.63, 3.8) is 0 Å². The van der Waals surface area contributed by atoms with Crippen molar-refractivity contribution in [1.29, 1.82) is 0 Å². The summed E-state index contributed by atoms with van der Waals surface area (Å²) in [6.07, 6.45) is 6.54. The quantitative estimate of drug-likeness (QED) is 0.627. The molecule has 0 saturated carbocycles. The SMILES string of the molecule is Nc1c(Nc2cccnc2Cl)ncnc1N1CCC(Cc2ccccc2)CC1. The molecule has 144 valence electrons. The van der Waals surface area contributed by atoms with Gasteiger partial charge in [0.25, 0.3) is 0 Å². The van der Waals surface area contributed by atoms with Crippen LogP contribution in [0, 0.1) is 5.92 Å². The van der Waals surface area contributed by atoms with Gasteiger partial charge in [-0.1, -0.05) is 41.9 Å². The van der Waals surface area contributed by atoms with Crippen LogP contribution in [-0.2, 0) is 6.42 Å². The number of rotatable bonds is 5. The highest BCUT2D eigenvalue weighted by Gasteiger charge is 2.23. The second-order valence-corrected chi connectivity index (χ2v) is 7.40. The maximum atomic E-state index is 6.38. The number of hydrogen-bond donors (Lipinski definition) is 2. The third kappa shape index (κ3) is 4.17. The van der Waals surface area contributed by atoms with Gasteiger partial charge in [0.1, 0.15) is 12.0 Å². The average molecular weight is 395 g/mol. The number of anilines is 4. The van der Waals surface area contributed by atoms with Crippen molar-refractivity contribution in [2.24, 2.45) is 5.92 Å². The van der Waals surface area contributed by atoms with Crippen LogP contribution in [0.1, 0.15) is 18.4 Å². The van der Waals surface area contributed by atoms with Crippen LogP contribution in [0.15, 0.2) is 55.0 Å². The van der Waals surface area contributed by atoms with Crippen LogP contribution < -0.4 is 16.0 Å². The zero-order valence-electron chi connectivity index (χ0n) is 15.6. The standard InChI is InChI=1S/C21H23ClN6/c22-19-17(7-4-10-24-19)27-20-18(23)21(26-14-25-20)28-11-8-16(9-12-28)13-15-5-2-1-3-6-15/h1-7,10,14,16H,8-9,11-13,23H2,(H,25,26,27). The molecule has 1 aromatic carbocycles. The summed E-state index contributed by atoms with van der Waals surface area (Å²) in [5.74, 6) is 2.01. The minimum Gasteiger partial charge on any atom is -0.393 e. The Labute approximate surface area is 169 Å². The number of nitrogens with two attached hydrogens (primary N) is 1. The van der Waals surface area contributed by atoms with Crippen LogP contribution in [0.5, 0.6) is 0 Å². The maximum Gasteiger partial charge on any atom is 0.159 e. The number of nitrogens with one attached hydrogen (secondary N) is 1. The molecule has 3 aromatic rings. The second kappa shape index (κ2) is 8.44. The van der Waals surface area contributed by atoms with E-state index in [0.29, 0.717) is 28.3 Å². The van der Waals surface area contributed by atoms with E-state index < -0.39 is 0 Å². The van der Waals surface area contributed by atoms with E-state index in [9.17, 15) is 0 Å². The fourth-order valence-electron chi connectivity index (χ4n) is 3.64. The number of hydrogen-bond acceptors (Lipinski definition) is 6. The molecular formula is C21H23ClN6. The van der Waals surface area contributed by atoms with Gasteiger partial charge >= 0.3 is 0 Å². The van der Waals surface area contributed by atoms with E-state index in [0.717, 1.165) is 38.2 Å². The van der Waals surface area contributed by atoms with Crippen LogP contribution in [-0.4, -0.2) is 28.0 Å². The summed E-state index contributed by atoms with van der Waals surface area (Å²) in [6, 6.07) is 14.3. The Morgan fingerprint density at radius 2 is 1.82 bits per heavy atom. The Balaban J connectivity index is 1.43. The molecule has 0 atom stereocenters. The highest BCUT2D eigenvalue weighted by molar-refractivity contribution is 6.32. The van der Waals surface area contributed by atoms with E-state index in [1.54, 1.807) is 6.20 Å². The van der Waals surface area contributed by atoms with Crippen molar-refractivity contribution in [2.75, 3.05) is 29.0 Å². The average Bonchev–Trinajstić information content (AvgIpc) is 2.73. The van der Waals surface area contributed by atoms with Crippen LogP contribution in [0.25, 0.3) is 0 Å². The number of aromatic nitrogens is 3. The van der Waals surface area contributed by atoms with E-state index >= 15 is 0 Å². The van der Waals surface area contributed by atoms with Gasteiger partial charge in [-0.05, 0) is 42.9 Å².